The van der Waals surface area contributed by atoms with Gasteiger partial charge in [-0.15, -0.1) is 0 Å². The predicted molar refractivity (Wildman–Crippen MR) is 126 cm³/mol. The van der Waals surface area contributed by atoms with Gasteiger partial charge in [-0.05, 0) is 55.7 Å². The number of anilines is 1. The Morgan fingerprint density at radius 1 is 1.03 bits per heavy atom. The van der Waals surface area contributed by atoms with Crippen molar-refractivity contribution in [3.8, 4) is 17.4 Å². The molecule has 0 saturated carbocycles. The average molecular weight is 481 g/mol. The molecule has 3 aromatic rings. The number of aromatic nitrogens is 1. The summed E-state index contributed by atoms with van der Waals surface area (Å²) in [5.41, 5.74) is 1.38. The lowest BCUT2D eigenvalue weighted by atomic mass is 9.95. The van der Waals surface area contributed by atoms with Crippen LogP contribution < -0.4 is 14.8 Å². The number of piperidine rings is 1. The van der Waals surface area contributed by atoms with Crippen LogP contribution in [0.25, 0.3) is 0 Å². The molecule has 7 nitrogen and oxygen atoms in total. The van der Waals surface area contributed by atoms with Gasteiger partial charge in [0.1, 0.15) is 11.6 Å². The Morgan fingerprint density at radius 3 is 2.46 bits per heavy atom. The number of amides is 2. The van der Waals surface area contributed by atoms with E-state index in [1.165, 1.54) is 11.1 Å². The molecule has 2 amide bonds. The molecular formula is C26H25F2N3O4. The summed E-state index contributed by atoms with van der Waals surface area (Å²) in [5, 5.41) is 2.84. The minimum Gasteiger partial charge on any atom is -0.493 e. The van der Waals surface area contributed by atoms with Crippen molar-refractivity contribution in [3.05, 3.63) is 77.5 Å². The van der Waals surface area contributed by atoms with Crippen LogP contribution in [0, 0.1) is 24.5 Å². The van der Waals surface area contributed by atoms with Crippen LogP contribution in [0.2, 0.25) is 0 Å². The molecule has 1 N–H and O–H groups in total. The second-order valence-electron chi connectivity index (χ2n) is 8.32. The fourth-order valence-corrected chi connectivity index (χ4v) is 3.91. The molecule has 182 valence electrons. The minimum atomic E-state index is -0.893. The van der Waals surface area contributed by atoms with E-state index in [0.29, 0.717) is 55.1 Å². The van der Waals surface area contributed by atoms with Gasteiger partial charge in [-0.2, -0.15) is 0 Å². The van der Waals surface area contributed by atoms with Gasteiger partial charge >= 0.3 is 0 Å². The monoisotopic (exact) mass is 481 g/mol. The molecule has 1 fully saturated rings. The molecule has 1 aliphatic rings. The highest BCUT2D eigenvalue weighted by Gasteiger charge is 2.29. The van der Waals surface area contributed by atoms with Crippen molar-refractivity contribution in [1.29, 1.82) is 0 Å². The number of ether oxygens (including phenoxy) is 2. The summed E-state index contributed by atoms with van der Waals surface area (Å²) in [4.78, 5) is 31.0. The Kier molecular flexibility index (Phi) is 7.24. The summed E-state index contributed by atoms with van der Waals surface area (Å²) in [6.45, 7) is 2.56. The highest BCUT2D eigenvalue weighted by Crippen LogP contribution is 2.31. The number of nitrogens with one attached hydrogen (secondary N) is 1. The van der Waals surface area contributed by atoms with Crippen LogP contribution >= 0.6 is 0 Å². The van der Waals surface area contributed by atoms with E-state index >= 15 is 0 Å². The molecule has 35 heavy (non-hydrogen) atoms. The smallest absolute Gasteiger partial charge is 0.256 e. The number of hydrogen-bond donors (Lipinski definition) is 1. The zero-order valence-electron chi connectivity index (χ0n) is 19.4. The van der Waals surface area contributed by atoms with Crippen molar-refractivity contribution in [2.24, 2.45) is 5.92 Å². The number of methoxy groups -OCH3 is 1. The van der Waals surface area contributed by atoms with Gasteiger partial charge in [0.05, 0.1) is 24.6 Å². The van der Waals surface area contributed by atoms with Crippen LogP contribution in [-0.2, 0) is 4.79 Å². The molecule has 0 bridgehead atoms. The summed E-state index contributed by atoms with van der Waals surface area (Å²) in [5.74, 6) is -1.14. The molecule has 2 heterocycles. The molecule has 2 aromatic carbocycles. The molecule has 0 unspecified atom stereocenters. The van der Waals surface area contributed by atoms with Gasteiger partial charge in [0.25, 0.3) is 5.91 Å². The second kappa shape index (κ2) is 10.5. The van der Waals surface area contributed by atoms with E-state index in [0.717, 1.165) is 17.7 Å². The number of likely N-dealkylation sites (tertiary alicyclic amines) is 1. The van der Waals surface area contributed by atoms with Crippen molar-refractivity contribution < 1.29 is 27.8 Å². The van der Waals surface area contributed by atoms with E-state index in [4.69, 9.17) is 9.47 Å². The number of benzene rings is 2. The van der Waals surface area contributed by atoms with E-state index in [-0.39, 0.29) is 17.4 Å². The standard InChI is InChI=1S/C26H25F2N3O4/c1-16-3-7-22(23(13-16)34-2)35-24-8-5-19(15-29-24)30-25(32)17-9-11-31(12-10-17)26(33)20-6-4-18(27)14-21(20)28/h3-8,13-15,17H,9-12H2,1-2H3,(H,30,32). The fraction of sp³-hybridized carbons (Fsp3) is 0.269. The number of carbonyl (C=O) groups is 2. The quantitative estimate of drug-likeness (QED) is 0.538. The van der Waals surface area contributed by atoms with Gasteiger partial charge in [-0.3, -0.25) is 9.59 Å². The van der Waals surface area contributed by atoms with Crippen molar-refractivity contribution in [3.63, 3.8) is 0 Å². The molecule has 0 radical (unpaired) electrons. The number of hydrogen-bond acceptors (Lipinski definition) is 5. The molecule has 0 atom stereocenters. The first kappa shape index (κ1) is 24.1. The van der Waals surface area contributed by atoms with E-state index in [1.54, 1.807) is 25.3 Å². The lowest BCUT2D eigenvalue weighted by molar-refractivity contribution is -0.121. The minimum absolute atomic E-state index is 0.175. The first-order chi connectivity index (χ1) is 16.8. The zero-order valence-corrected chi connectivity index (χ0v) is 19.4. The van der Waals surface area contributed by atoms with Gasteiger partial charge in [0.2, 0.25) is 11.8 Å². The summed E-state index contributed by atoms with van der Waals surface area (Å²) >= 11 is 0. The summed E-state index contributed by atoms with van der Waals surface area (Å²) in [6.07, 6.45) is 2.37. The van der Waals surface area contributed by atoms with Crippen LogP contribution in [0.4, 0.5) is 14.5 Å². The average Bonchev–Trinajstić information content (AvgIpc) is 2.86. The van der Waals surface area contributed by atoms with Crippen LogP contribution in [0.1, 0.15) is 28.8 Å². The van der Waals surface area contributed by atoms with E-state index < -0.39 is 17.5 Å². The molecule has 9 heteroatoms. The maximum Gasteiger partial charge on any atom is 0.256 e. The molecule has 1 aliphatic heterocycles. The highest BCUT2D eigenvalue weighted by atomic mass is 19.1. The third-order valence-electron chi connectivity index (χ3n) is 5.85. The normalized spacial score (nSPS) is 13.9. The van der Waals surface area contributed by atoms with Crippen molar-refractivity contribution in [2.75, 3.05) is 25.5 Å². The van der Waals surface area contributed by atoms with Gasteiger partial charge in [-0.1, -0.05) is 6.07 Å². The summed E-state index contributed by atoms with van der Waals surface area (Å²) in [6, 6.07) is 11.8. The van der Waals surface area contributed by atoms with E-state index in [1.807, 2.05) is 19.1 Å². The molecule has 4 rings (SSSR count). The van der Waals surface area contributed by atoms with Gasteiger partial charge < -0.3 is 19.7 Å². The first-order valence-electron chi connectivity index (χ1n) is 11.2. The van der Waals surface area contributed by atoms with Crippen molar-refractivity contribution in [1.82, 2.24) is 9.88 Å². The predicted octanol–water partition coefficient (Wildman–Crippen LogP) is 4.96. The molecule has 1 saturated heterocycles. The highest BCUT2D eigenvalue weighted by molar-refractivity contribution is 5.95. The lowest BCUT2D eigenvalue weighted by Gasteiger charge is -2.31. The van der Waals surface area contributed by atoms with Crippen LogP contribution in [0.3, 0.4) is 0 Å². The topological polar surface area (TPSA) is 80.8 Å². The van der Waals surface area contributed by atoms with Gasteiger partial charge in [-0.25, -0.2) is 13.8 Å². The molecule has 1 aromatic heterocycles. The zero-order chi connectivity index (χ0) is 24.9. The van der Waals surface area contributed by atoms with Gasteiger partial charge in [0, 0.05) is 31.1 Å². The number of aryl methyl sites for hydroxylation is 1. The van der Waals surface area contributed by atoms with Gasteiger partial charge in [0.15, 0.2) is 11.5 Å². The molecule has 0 aliphatic carbocycles. The third kappa shape index (κ3) is 5.74. The van der Waals surface area contributed by atoms with E-state index in [9.17, 15) is 18.4 Å². The SMILES string of the molecule is COc1cc(C)ccc1Oc1ccc(NC(=O)C2CCN(C(=O)c3ccc(F)cc3F)CC2)cn1. The maximum absolute atomic E-state index is 13.9. The second-order valence-corrected chi connectivity index (χ2v) is 8.32. The lowest BCUT2D eigenvalue weighted by Crippen LogP contribution is -2.41. The number of halogens is 2. The Morgan fingerprint density at radius 2 is 1.80 bits per heavy atom. The Balaban J connectivity index is 1.31. The van der Waals surface area contributed by atoms with Crippen LogP contribution in [0.15, 0.2) is 54.7 Å². The van der Waals surface area contributed by atoms with Crippen molar-refractivity contribution >= 4 is 17.5 Å². The Labute approximate surface area is 201 Å². The number of carbonyl (C=O) groups excluding carboxylic acids is 2. The number of nitrogens with zero attached hydrogens (tertiary/aromatic N) is 2. The largest absolute Gasteiger partial charge is 0.493 e. The third-order valence-corrected chi connectivity index (χ3v) is 5.85. The van der Waals surface area contributed by atoms with Crippen LogP contribution in [0.5, 0.6) is 17.4 Å². The Hall–Kier alpha value is -4.01. The van der Waals surface area contributed by atoms with Crippen LogP contribution in [-0.4, -0.2) is 41.9 Å². The van der Waals surface area contributed by atoms with E-state index in [2.05, 4.69) is 10.3 Å². The summed E-state index contributed by atoms with van der Waals surface area (Å²) < 4.78 is 38.2. The molecule has 0 spiro atoms. The summed E-state index contributed by atoms with van der Waals surface area (Å²) in [7, 11) is 1.56. The fourth-order valence-electron chi connectivity index (χ4n) is 3.91. The first-order valence-corrected chi connectivity index (χ1v) is 11.2. The number of pyridine rings is 1. The Bertz CT molecular complexity index is 1230. The van der Waals surface area contributed by atoms with Crippen molar-refractivity contribution in [2.45, 2.75) is 19.8 Å². The molecular weight excluding hydrogens is 456 g/mol. The maximum atomic E-state index is 13.9. The number of rotatable bonds is 6.